The molecule has 1 unspecified atom stereocenters. The Hall–Kier alpha value is -1.07. The van der Waals surface area contributed by atoms with Crippen molar-refractivity contribution in [2.75, 3.05) is 19.9 Å². The summed E-state index contributed by atoms with van der Waals surface area (Å²) in [5, 5.41) is 11.3. The van der Waals surface area contributed by atoms with Crippen LogP contribution in [0, 0.1) is 0 Å². The van der Waals surface area contributed by atoms with E-state index in [1.54, 1.807) is 6.08 Å². The maximum atomic E-state index is 11.2. The number of carbonyl (C=O) groups excluding carboxylic acids is 1. The van der Waals surface area contributed by atoms with E-state index in [1.165, 1.54) is 25.7 Å². The Morgan fingerprint density at radius 2 is 1.91 bits per heavy atom. The molecule has 5 nitrogen and oxygen atoms in total. The lowest BCUT2D eigenvalue weighted by molar-refractivity contribution is 0.0426. The summed E-state index contributed by atoms with van der Waals surface area (Å²) in [6, 6.07) is 0.793. The predicted molar refractivity (Wildman–Crippen MR) is 97.5 cm³/mol. The molecule has 138 valence electrons. The molecule has 2 N–H and O–H groups in total. The Kier molecular flexibility index (Phi) is 18.2. The van der Waals surface area contributed by atoms with E-state index in [-0.39, 0.29) is 6.04 Å². The Morgan fingerprint density at radius 3 is 2.35 bits per heavy atom. The van der Waals surface area contributed by atoms with E-state index >= 15 is 0 Å². The molecule has 1 aliphatic rings. The zero-order valence-corrected chi connectivity index (χ0v) is 15.8. The molecule has 1 atom stereocenters. The maximum Gasteiger partial charge on any atom is 0.409 e. The molecule has 1 heterocycles. The molecule has 0 aromatic carbocycles. The molecule has 1 fully saturated rings. The number of nitrogens with zero attached hydrogens (tertiary/aromatic N) is 1. The van der Waals surface area contributed by atoms with E-state index in [1.807, 2.05) is 20.8 Å². The Balaban J connectivity index is 0. The summed E-state index contributed by atoms with van der Waals surface area (Å²) >= 11 is 0. The highest BCUT2D eigenvalue weighted by molar-refractivity contribution is 5.67. The van der Waals surface area contributed by atoms with E-state index in [4.69, 9.17) is 5.11 Å². The number of carbonyl (C=O) groups is 1. The van der Waals surface area contributed by atoms with E-state index in [0.29, 0.717) is 6.04 Å². The number of nitrogens with one attached hydrogen (secondary N) is 1. The van der Waals surface area contributed by atoms with Crippen molar-refractivity contribution >= 4 is 6.09 Å². The highest BCUT2D eigenvalue weighted by atomic mass is 16.6. The fraction of sp³-hybridized carbons (Fsp3) is 0.833. The van der Waals surface area contributed by atoms with E-state index in [2.05, 4.69) is 35.4 Å². The monoisotopic (exact) mass is 330 g/mol. The van der Waals surface area contributed by atoms with Crippen LogP contribution < -0.4 is 5.32 Å². The Labute approximate surface area is 143 Å². The number of rotatable bonds is 7. The maximum absolute atomic E-state index is 11.2. The molecule has 1 saturated heterocycles. The second kappa shape index (κ2) is 17.3. The third-order valence-electron chi connectivity index (χ3n) is 3.50. The predicted octanol–water partition coefficient (Wildman–Crippen LogP) is 3.92. The summed E-state index contributed by atoms with van der Waals surface area (Å²) in [7, 11) is 0. The number of alkyl carbamates (subject to hydrolysis) is 1. The van der Waals surface area contributed by atoms with Crippen molar-refractivity contribution in [2.45, 2.75) is 78.8 Å². The van der Waals surface area contributed by atoms with Crippen molar-refractivity contribution in [3.05, 3.63) is 12.7 Å². The number of allylic oxidation sites excluding steroid dienone is 1. The van der Waals surface area contributed by atoms with Crippen molar-refractivity contribution in [3.63, 3.8) is 0 Å². The van der Waals surface area contributed by atoms with Gasteiger partial charge in [0.2, 0.25) is 0 Å². The molecule has 0 aliphatic carbocycles. The average Bonchev–Trinajstić information content (AvgIpc) is 2.98. The van der Waals surface area contributed by atoms with Crippen molar-refractivity contribution in [2.24, 2.45) is 0 Å². The minimum Gasteiger partial charge on any atom is -0.423 e. The van der Waals surface area contributed by atoms with Crippen LogP contribution in [0.15, 0.2) is 12.7 Å². The normalized spacial score (nSPS) is 16.7. The highest BCUT2D eigenvalue weighted by Gasteiger charge is 2.28. The van der Waals surface area contributed by atoms with Gasteiger partial charge < -0.3 is 15.2 Å². The highest BCUT2D eigenvalue weighted by Crippen LogP contribution is 2.19. The lowest BCUT2D eigenvalue weighted by atomic mass is 10.1. The van der Waals surface area contributed by atoms with Gasteiger partial charge in [0.05, 0.1) is 0 Å². The molecule has 1 aliphatic heterocycles. The molecule has 0 spiro atoms. The number of amides is 1. The van der Waals surface area contributed by atoms with Gasteiger partial charge in [-0.25, -0.2) is 4.79 Å². The van der Waals surface area contributed by atoms with Crippen LogP contribution in [0.5, 0.6) is 0 Å². The zero-order chi connectivity index (χ0) is 18.1. The fourth-order valence-corrected chi connectivity index (χ4v) is 2.68. The standard InChI is InChI=1S/C13H26N2O3.C3H6.C2H6/c1-3-5-12(6-4-2)15-8-7-11(9-15)14-13(17)18-10-16;1-3-2;1-2/h11-12,16H,3-10H2,1-2H3,(H,14,17);3H,1H2,2H3;1-2H3. The minimum absolute atomic E-state index is 0.153. The first-order chi connectivity index (χ1) is 11.1. The van der Waals surface area contributed by atoms with Crippen molar-refractivity contribution in [1.29, 1.82) is 0 Å². The summed E-state index contributed by atoms with van der Waals surface area (Å²) in [5.41, 5.74) is 0. The smallest absolute Gasteiger partial charge is 0.409 e. The molecule has 0 bridgehead atoms. The van der Waals surface area contributed by atoms with Gasteiger partial charge in [0.25, 0.3) is 0 Å². The molecule has 1 amide bonds. The average molecular weight is 331 g/mol. The summed E-state index contributed by atoms with van der Waals surface area (Å²) in [5.74, 6) is 0. The summed E-state index contributed by atoms with van der Waals surface area (Å²) < 4.78 is 4.48. The number of hydrogen-bond donors (Lipinski definition) is 2. The van der Waals surface area contributed by atoms with Gasteiger partial charge in [-0.05, 0) is 26.2 Å². The molecule has 23 heavy (non-hydrogen) atoms. The number of aliphatic hydroxyl groups excluding tert-OH is 1. The van der Waals surface area contributed by atoms with Gasteiger partial charge >= 0.3 is 6.09 Å². The van der Waals surface area contributed by atoms with Gasteiger partial charge in [0.1, 0.15) is 0 Å². The second-order valence-electron chi connectivity index (χ2n) is 5.33. The zero-order valence-electron chi connectivity index (χ0n) is 15.8. The summed E-state index contributed by atoms with van der Waals surface area (Å²) in [4.78, 5) is 13.7. The lowest BCUT2D eigenvalue weighted by Gasteiger charge is -2.27. The number of aliphatic hydroxyl groups is 1. The van der Waals surface area contributed by atoms with Crippen LogP contribution in [0.3, 0.4) is 0 Å². The van der Waals surface area contributed by atoms with Crippen LogP contribution in [0.4, 0.5) is 4.79 Å². The summed E-state index contributed by atoms with van der Waals surface area (Å²) in [6.45, 7) is 15.1. The van der Waals surface area contributed by atoms with Crippen LogP contribution >= 0.6 is 0 Å². The summed E-state index contributed by atoms with van der Waals surface area (Å²) in [6.07, 6.45) is 7.04. The topological polar surface area (TPSA) is 61.8 Å². The minimum atomic E-state index is -0.559. The third-order valence-corrected chi connectivity index (χ3v) is 3.50. The van der Waals surface area contributed by atoms with Gasteiger partial charge in [-0.3, -0.25) is 4.90 Å². The lowest BCUT2D eigenvalue weighted by Crippen LogP contribution is -2.40. The Morgan fingerprint density at radius 1 is 1.39 bits per heavy atom. The SMILES string of the molecule is C=CC.CC.CCCC(CCC)N1CCC(NC(=O)OCO)C1. The molecule has 0 saturated carbocycles. The van der Waals surface area contributed by atoms with Gasteiger partial charge in [0.15, 0.2) is 6.79 Å². The van der Waals surface area contributed by atoms with Crippen molar-refractivity contribution in [3.8, 4) is 0 Å². The second-order valence-corrected chi connectivity index (χ2v) is 5.33. The van der Waals surface area contributed by atoms with Gasteiger partial charge in [0, 0.05) is 25.2 Å². The number of ether oxygens (including phenoxy) is 1. The van der Waals surface area contributed by atoms with Crippen molar-refractivity contribution in [1.82, 2.24) is 10.2 Å². The molecule has 0 aromatic rings. The molecule has 0 radical (unpaired) electrons. The molecule has 5 heteroatoms. The van der Waals surface area contributed by atoms with Crippen LogP contribution in [-0.2, 0) is 4.74 Å². The first-order valence-electron chi connectivity index (χ1n) is 8.98. The first-order valence-corrected chi connectivity index (χ1v) is 8.98. The van der Waals surface area contributed by atoms with Crippen molar-refractivity contribution < 1.29 is 14.6 Å². The van der Waals surface area contributed by atoms with Crippen LogP contribution in [0.2, 0.25) is 0 Å². The van der Waals surface area contributed by atoms with E-state index in [0.717, 1.165) is 19.5 Å². The van der Waals surface area contributed by atoms with Gasteiger partial charge in [-0.15, -0.1) is 6.58 Å². The van der Waals surface area contributed by atoms with Gasteiger partial charge in [-0.1, -0.05) is 46.6 Å². The van der Waals surface area contributed by atoms with E-state index in [9.17, 15) is 4.79 Å². The van der Waals surface area contributed by atoms with Gasteiger partial charge in [-0.2, -0.15) is 0 Å². The van der Waals surface area contributed by atoms with Crippen LogP contribution in [-0.4, -0.2) is 48.1 Å². The largest absolute Gasteiger partial charge is 0.423 e. The molecule has 1 rings (SSSR count). The van der Waals surface area contributed by atoms with Crippen LogP contribution in [0.25, 0.3) is 0 Å². The quantitative estimate of drug-likeness (QED) is 0.548. The number of likely N-dealkylation sites (tertiary alicyclic amines) is 1. The third kappa shape index (κ3) is 12.1. The van der Waals surface area contributed by atoms with Crippen LogP contribution in [0.1, 0.15) is 66.7 Å². The first kappa shape index (κ1) is 24.2. The molecule has 0 aromatic heterocycles. The Bertz CT molecular complexity index is 279. The van der Waals surface area contributed by atoms with E-state index < -0.39 is 12.9 Å². The fourth-order valence-electron chi connectivity index (χ4n) is 2.68. The molecular formula is C18H38N2O3. The molecular weight excluding hydrogens is 292 g/mol. The number of hydrogen-bond acceptors (Lipinski definition) is 4.